The van der Waals surface area contributed by atoms with Crippen LogP contribution in [0.1, 0.15) is 30.6 Å². The molecule has 2 aromatic rings. The van der Waals surface area contributed by atoms with Crippen molar-refractivity contribution in [2.45, 2.75) is 26.8 Å². The first-order valence-corrected chi connectivity index (χ1v) is 6.82. The molecular formula is C12H17N5S. The van der Waals surface area contributed by atoms with Gasteiger partial charge in [0.25, 0.3) is 0 Å². The molecule has 0 bridgehead atoms. The van der Waals surface area contributed by atoms with Gasteiger partial charge in [0.15, 0.2) is 0 Å². The zero-order valence-electron chi connectivity index (χ0n) is 10.8. The predicted molar refractivity (Wildman–Crippen MR) is 75.1 cm³/mol. The van der Waals surface area contributed by atoms with E-state index in [1.165, 1.54) is 0 Å². The monoisotopic (exact) mass is 263 g/mol. The highest BCUT2D eigenvalue weighted by molar-refractivity contribution is 7.09. The summed E-state index contributed by atoms with van der Waals surface area (Å²) in [7, 11) is 0. The van der Waals surface area contributed by atoms with Crippen molar-refractivity contribution in [1.29, 1.82) is 0 Å². The Labute approximate surface area is 111 Å². The zero-order chi connectivity index (χ0) is 13.0. The summed E-state index contributed by atoms with van der Waals surface area (Å²) >= 11 is 1.66. The van der Waals surface area contributed by atoms with Crippen molar-refractivity contribution in [3.8, 4) is 0 Å². The second-order valence-electron chi connectivity index (χ2n) is 3.99. The molecule has 2 N–H and O–H groups in total. The summed E-state index contributed by atoms with van der Waals surface area (Å²) in [6.45, 7) is 6.91. The highest BCUT2D eigenvalue weighted by Crippen LogP contribution is 2.21. The molecule has 0 fully saturated rings. The lowest BCUT2D eigenvalue weighted by Crippen LogP contribution is -2.09. The molecule has 1 unspecified atom stereocenters. The standard InChI is InChI=1S/C12H17N5S/c1-4-13-12-14-6-5-10(17-12)16-9(3)11-15-8(2)7-18-11/h5-7,9H,4H2,1-3H3,(H2,13,14,16,17). The quantitative estimate of drug-likeness (QED) is 0.868. The van der Waals surface area contributed by atoms with Gasteiger partial charge in [-0.05, 0) is 26.8 Å². The van der Waals surface area contributed by atoms with Crippen molar-refractivity contribution in [2.24, 2.45) is 0 Å². The maximum Gasteiger partial charge on any atom is 0.224 e. The lowest BCUT2D eigenvalue weighted by atomic mass is 10.3. The Hall–Kier alpha value is -1.69. The van der Waals surface area contributed by atoms with Crippen LogP contribution < -0.4 is 10.6 Å². The molecule has 0 saturated heterocycles. The molecule has 96 valence electrons. The summed E-state index contributed by atoms with van der Waals surface area (Å²) in [5.41, 5.74) is 1.06. The van der Waals surface area contributed by atoms with Gasteiger partial charge in [0.1, 0.15) is 10.8 Å². The topological polar surface area (TPSA) is 62.7 Å². The molecule has 2 heterocycles. The van der Waals surface area contributed by atoms with Crippen LogP contribution >= 0.6 is 11.3 Å². The number of thiazole rings is 1. The first-order chi connectivity index (χ1) is 8.69. The molecule has 0 spiro atoms. The van der Waals surface area contributed by atoms with Crippen LogP contribution in [0, 0.1) is 6.92 Å². The van der Waals surface area contributed by atoms with Crippen molar-refractivity contribution in [1.82, 2.24) is 15.0 Å². The van der Waals surface area contributed by atoms with Crippen molar-refractivity contribution in [3.63, 3.8) is 0 Å². The van der Waals surface area contributed by atoms with Crippen LogP contribution in [0.15, 0.2) is 17.6 Å². The highest BCUT2D eigenvalue weighted by atomic mass is 32.1. The average Bonchev–Trinajstić information content (AvgIpc) is 2.77. The summed E-state index contributed by atoms with van der Waals surface area (Å²) in [4.78, 5) is 13.0. The molecule has 0 aliphatic heterocycles. The number of anilines is 2. The fraction of sp³-hybridized carbons (Fsp3) is 0.417. The van der Waals surface area contributed by atoms with Gasteiger partial charge in [0, 0.05) is 23.8 Å². The molecule has 0 radical (unpaired) electrons. The Kier molecular flexibility index (Phi) is 4.09. The minimum Gasteiger partial charge on any atom is -0.361 e. The Bertz CT molecular complexity index is 511. The molecule has 2 aromatic heterocycles. The summed E-state index contributed by atoms with van der Waals surface area (Å²) < 4.78 is 0. The number of hydrogen-bond acceptors (Lipinski definition) is 6. The molecule has 1 atom stereocenters. The van der Waals surface area contributed by atoms with E-state index in [0.717, 1.165) is 23.1 Å². The fourth-order valence-electron chi connectivity index (χ4n) is 1.54. The Morgan fingerprint density at radius 3 is 2.89 bits per heavy atom. The van der Waals surface area contributed by atoms with Gasteiger partial charge in [-0.15, -0.1) is 11.3 Å². The van der Waals surface area contributed by atoms with Crippen LogP contribution in [0.25, 0.3) is 0 Å². The molecule has 0 amide bonds. The minimum absolute atomic E-state index is 0.146. The van der Waals surface area contributed by atoms with Gasteiger partial charge in [-0.2, -0.15) is 4.98 Å². The van der Waals surface area contributed by atoms with Crippen molar-refractivity contribution >= 4 is 23.1 Å². The van der Waals surface area contributed by atoms with Crippen LogP contribution in [-0.2, 0) is 0 Å². The Morgan fingerprint density at radius 1 is 1.39 bits per heavy atom. The lowest BCUT2D eigenvalue weighted by Gasteiger charge is -2.12. The first kappa shape index (κ1) is 12.8. The molecule has 0 aromatic carbocycles. The third-order valence-electron chi connectivity index (χ3n) is 2.36. The number of rotatable bonds is 5. The molecule has 0 aliphatic carbocycles. The van der Waals surface area contributed by atoms with Crippen LogP contribution in [0.2, 0.25) is 0 Å². The van der Waals surface area contributed by atoms with Gasteiger partial charge in [-0.25, -0.2) is 9.97 Å². The van der Waals surface area contributed by atoms with Crippen LogP contribution in [0.3, 0.4) is 0 Å². The van der Waals surface area contributed by atoms with Crippen molar-refractivity contribution in [3.05, 3.63) is 28.3 Å². The fourth-order valence-corrected chi connectivity index (χ4v) is 2.34. The smallest absolute Gasteiger partial charge is 0.224 e. The SMILES string of the molecule is CCNc1nccc(NC(C)c2nc(C)cs2)n1. The normalized spacial score (nSPS) is 12.2. The van der Waals surface area contributed by atoms with E-state index < -0.39 is 0 Å². The highest BCUT2D eigenvalue weighted by Gasteiger charge is 2.10. The van der Waals surface area contributed by atoms with E-state index in [0.29, 0.717) is 5.95 Å². The van der Waals surface area contributed by atoms with Crippen LogP contribution in [-0.4, -0.2) is 21.5 Å². The van der Waals surface area contributed by atoms with E-state index >= 15 is 0 Å². The molecule has 18 heavy (non-hydrogen) atoms. The number of nitrogens with one attached hydrogen (secondary N) is 2. The van der Waals surface area contributed by atoms with Gasteiger partial charge in [-0.3, -0.25) is 0 Å². The van der Waals surface area contributed by atoms with Gasteiger partial charge < -0.3 is 10.6 Å². The maximum atomic E-state index is 4.46. The van der Waals surface area contributed by atoms with Gasteiger partial charge in [0.2, 0.25) is 5.95 Å². The first-order valence-electron chi connectivity index (χ1n) is 5.94. The summed E-state index contributed by atoms with van der Waals surface area (Å²) in [5, 5.41) is 9.54. The van der Waals surface area contributed by atoms with E-state index in [-0.39, 0.29) is 6.04 Å². The molecule has 0 saturated carbocycles. The third-order valence-corrected chi connectivity index (χ3v) is 3.51. The van der Waals surface area contributed by atoms with Crippen LogP contribution in [0.4, 0.5) is 11.8 Å². The van der Waals surface area contributed by atoms with E-state index in [9.17, 15) is 0 Å². The third kappa shape index (κ3) is 3.16. The van der Waals surface area contributed by atoms with E-state index in [1.54, 1.807) is 17.5 Å². The Morgan fingerprint density at radius 2 is 2.22 bits per heavy atom. The number of nitrogens with zero attached hydrogens (tertiary/aromatic N) is 3. The second kappa shape index (κ2) is 5.77. The molecule has 5 nitrogen and oxygen atoms in total. The minimum atomic E-state index is 0.146. The molecule has 6 heteroatoms. The van der Waals surface area contributed by atoms with Gasteiger partial charge in [-0.1, -0.05) is 0 Å². The molecular weight excluding hydrogens is 246 g/mol. The molecule has 2 rings (SSSR count). The average molecular weight is 263 g/mol. The molecule has 0 aliphatic rings. The summed E-state index contributed by atoms with van der Waals surface area (Å²) in [6.07, 6.45) is 1.74. The largest absolute Gasteiger partial charge is 0.361 e. The number of hydrogen-bond donors (Lipinski definition) is 2. The van der Waals surface area contributed by atoms with Crippen molar-refractivity contribution < 1.29 is 0 Å². The maximum absolute atomic E-state index is 4.46. The summed E-state index contributed by atoms with van der Waals surface area (Å²) in [5.74, 6) is 1.45. The Balaban J connectivity index is 2.06. The van der Waals surface area contributed by atoms with E-state index in [1.807, 2.05) is 19.9 Å². The van der Waals surface area contributed by atoms with Crippen molar-refractivity contribution in [2.75, 3.05) is 17.2 Å². The van der Waals surface area contributed by atoms with Crippen LogP contribution in [0.5, 0.6) is 0 Å². The van der Waals surface area contributed by atoms with Gasteiger partial charge in [0.05, 0.1) is 6.04 Å². The van der Waals surface area contributed by atoms with E-state index in [2.05, 4.69) is 37.9 Å². The number of aryl methyl sites for hydroxylation is 1. The van der Waals surface area contributed by atoms with E-state index in [4.69, 9.17) is 0 Å². The van der Waals surface area contributed by atoms with Gasteiger partial charge >= 0.3 is 0 Å². The predicted octanol–water partition coefficient (Wildman–Crippen LogP) is 2.85. The zero-order valence-corrected chi connectivity index (χ0v) is 11.6. The summed E-state index contributed by atoms with van der Waals surface area (Å²) in [6, 6.07) is 2.01. The lowest BCUT2D eigenvalue weighted by molar-refractivity contribution is 0.853. The number of aromatic nitrogens is 3. The second-order valence-corrected chi connectivity index (χ2v) is 4.88.